The molecule has 1 atom stereocenters. The lowest BCUT2D eigenvalue weighted by Crippen LogP contribution is -2.20. The number of pyridine rings is 1. The Morgan fingerprint density at radius 3 is 2.50 bits per heavy atom. The lowest BCUT2D eigenvalue weighted by Gasteiger charge is -2.20. The number of benzene rings is 1. The highest BCUT2D eigenvalue weighted by atomic mass is 35.5. The van der Waals surface area contributed by atoms with E-state index in [0.717, 1.165) is 23.7 Å². The fourth-order valence-corrected chi connectivity index (χ4v) is 2.74. The zero-order chi connectivity index (χ0) is 16.5. The molecule has 0 amide bonds. The Balaban J connectivity index is 0.00000116. The van der Waals surface area contributed by atoms with E-state index in [-0.39, 0.29) is 0 Å². The van der Waals surface area contributed by atoms with Crippen LogP contribution in [-0.2, 0) is 6.42 Å². The minimum atomic E-state index is 0.382. The fraction of sp³-hybridized carbons (Fsp3) is 0.421. The Bertz CT molecular complexity index is 581. The van der Waals surface area contributed by atoms with Crippen molar-refractivity contribution in [1.29, 1.82) is 0 Å². The highest BCUT2D eigenvalue weighted by Crippen LogP contribution is 2.26. The molecule has 0 bridgehead atoms. The van der Waals surface area contributed by atoms with Crippen molar-refractivity contribution in [3.05, 3.63) is 63.9 Å². The summed E-state index contributed by atoms with van der Waals surface area (Å²) in [6, 6.07) is 10.2. The summed E-state index contributed by atoms with van der Waals surface area (Å²) in [7, 11) is 1.98. The highest BCUT2D eigenvalue weighted by Gasteiger charge is 2.16. The molecule has 1 heterocycles. The molecular weight excluding hydrogens is 292 g/mol. The molecule has 1 N–H and O–H groups in total. The number of aryl methyl sites for hydroxylation is 2. The van der Waals surface area contributed by atoms with Crippen LogP contribution in [0.2, 0.25) is 5.02 Å². The minimum Gasteiger partial charge on any atom is -0.319 e. The maximum atomic E-state index is 6.16. The lowest BCUT2D eigenvalue weighted by molar-refractivity contribution is 0.613. The third-order valence-electron chi connectivity index (χ3n) is 3.69. The largest absolute Gasteiger partial charge is 0.319 e. The minimum absolute atomic E-state index is 0.382. The van der Waals surface area contributed by atoms with Gasteiger partial charge in [-0.1, -0.05) is 37.6 Å². The second kappa shape index (κ2) is 9.60. The molecule has 0 radical (unpaired) electrons. The molecule has 2 nitrogen and oxygen atoms in total. The van der Waals surface area contributed by atoms with Crippen molar-refractivity contribution >= 4 is 11.6 Å². The summed E-state index contributed by atoms with van der Waals surface area (Å²) >= 11 is 6.16. The van der Waals surface area contributed by atoms with Crippen LogP contribution in [0.1, 0.15) is 42.1 Å². The van der Waals surface area contributed by atoms with Crippen molar-refractivity contribution in [2.75, 3.05) is 13.6 Å². The van der Waals surface area contributed by atoms with Gasteiger partial charge < -0.3 is 5.32 Å². The van der Waals surface area contributed by atoms with Crippen molar-refractivity contribution in [2.24, 2.45) is 0 Å². The van der Waals surface area contributed by atoms with Crippen molar-refractivity contribution in [3.63, 3.8) is 0 Å². The molecule has 0 aliphatic heterocycles. The number of likely N-dealkylation sites (N-methyl/N-ethyl adjacent to an activating group) is 1. The van der Waals surface area contributed by atoms with Crippen LogP contribution in [0, 0.1) is 13.8 Å². The molecule has 0 saturated heterocycles. The van der Waals surface area contributed by atoms with Gasteiger partial charge in [-0.15, -0.1) is 0 Å². The molecule has 0 aliphatic rings. The number of aromatic nitrogens is 1. The van der Waals surface area contributed by atoms with Crippen molar-refractivity contribution in [1.82, 2.24) is 10.3 Å². The van der Waals surface area contributed by atoms with Gasteiger partial charge in [0.15, 0.2) is 0 Å². The quantitative estimate of drug-likeness (QED) is 0.846. The van der Waals surface area contributed by atoms with Crippen molar-refractivity contribution in [3.8, 4) is 0 Å². The molecule has 2 aromatic rings. The first kappa shape index (κ1) is 18.7. The van der Waals surface area contributed by atoms with Crippen LogP contribution in [0.3, 0.4) is 0 Å². The summed E-state index contributed by atoms with van der Waals surface area (Å²) in [6.07, 6.45) is 2.79. The number of hydrogen-bond donors (Lipinski definition) is 1. The van der Waals surface area contributed by atoms with E-state index in [4.69, 9.17) is 11.6 Å². The predicted molar refractivity (Wildman–Crippen MR) is 96.9 cm³/mol. The molecule has 120 valence electrons. The second-order valence-electron chi connectivity index (χ2n) is 5.23. The Labute approximate surface area is 139 Å². The van der Waals surface area contributed by atoms with E-state index < -0.39 is 0 Å². The monoisotopic (exact) mass is 318 g/mol. The summed E-state index contributed by atoms with van der Waals surface area (Å²) < 4.78 is 0. The van der Waals surface area contributed by atoms with Crippen LogP contribution in [0.15, 0.2) is 36.5 Å². The van der Waals surface area contributed by atoms with E-state index in [0.29, 0.717) is 5.92 Å². The SMILES string of the molecule is CC.CNC[C@H](Cc1ncccc1C)c1cc(Cl)ccc1C. The van der Waals surface area contributed by atoms with Gasteiger partial charge in [-0.2, -0.15) is 0 Å². The molecular formula is C19H27ClN2. The first-order valence-corrected chi connectivity index (χ1v) is 8.30. The van der Waals surface area contributed by atoms with Crippen LogP contribution < -0.4 is 5.32 Å². The molecule has 22 heavy (non-hydrogen) atoms. The molecule has 0 saturated carbocycles. The van der Waals surface area contributed by atoms with E-state index in [9.17, 15) is 0 Å². The molecule has 0 aliphatic carbocycles. The second-order valence-corrected chi connectivity index (χ2v) is 5.66. The Morgan fingerprint density at radius 1 is 1.14 bits per heavy atom. The first-order valence-electron chi connectivity index (χ1n) is 7.93. The standard InChI is InChI=1S/C17H21ClN2.C2H6/c1-12-6-7-15(18)10-16(12)14(11-19-3)9-17-13(2)5-4-8-20-17;1-2/h4-8,10,14,19H,9,11H2,1-3H3;1-2H3/t14-;/m0./s1. The van der Waals surface area contributed by atoms with Crippen LogP contribution >= 0.6 is 11.6 Å². The summed E-state index contributed by atoms with van der Waals surface area (Å²) in [6.45, 7) is 9.17. The third-order valence-corrected chi connectivity index (χ3v) is 3.92. The summed E-state index contributed by atoms with van der Waals surface area (Å²) in [5.74, 6) is 0.382. The molecule has 1 aromatic heterocycles. The molecule has 1 aromatic carbocycles. The highest BCUT2D eigenvalue weighted by molar-refractivity contribution is 6.30. The van der Waals surface area contributed by atoms with Crippen LogP contribution in [0.4, 0.5) is 0 Å². The van der Waals surface area contributed by atoms with Crippen LogP contribution in [0.5, 0.6) is 0 Å². The third kappa shape index (κ3) is 5.11. The average molecular weight is 319 g/mol. The van der Waals surface area contributed by atoms with Gasteiger partial charge in [-0.05, 0) is 62.2 Å². The molecule has 2 rings (SSSR count). The maximum Gasteiger partial charge on any atom is 0.0439 e. The molecule has 3 heteroatoms. The summed E-state index contributed by atoms with van der Waals surface area (Å²) in [4.78, 5) is 4.52. The van der Waals surface area contributed by atoms with E-state index in [1.165, 1.54) is 16.7 Å². The van der Waals surface area contributed by atoms with Gasteiger partial charge >= 0.3 is 0 Å². The number of nitrogens with zero attached hydrogens (tertiary/aromatic N) is 1. The van der Waals surface area contributed by atoms with Gasteiger partial charge in [0.2, 0.25) is 0 Å². The number of halogens is 1. The summed E-state index contributed by atoms with van der Waals surface area (Å²) in [5.41, 5.74) is 4.99. The van der Waals surface area contributed by atoms with E-state index >= 15 is 0 Å². The topological polar surface area (TPSA) is 24.9 Å². The normalized spacial score (nSPS) is 11.5. The van der Waals surface area contributed by atoms with E-state index in [2.05, 4.69) is 42.3 Å². The van der Waals surface area contributed by atoms with Gasteiger partial charge in [0, 0.05) is 29.4 Å². The van der Waals surface area contributed by atoms with Gasteiger partial charge in [0.1, 0.15) is 0 Å². The van der Waals surface area contributed by atoms with Gasteiger partial charge in [0.25, 0.3) is 0 Å². The van der Waals surface area contributed by atoms with E-state index in [1.54, 1.807) is 0 Å². The molecule has 0 spiro atoms. The fourth-order valence-electron chi connectivity index (χ4n) is 2.56. The zero-order valence-corrected chi connectivity index (χ0v) is 15.0. The Morgan fingerprint density at radius 2 is 1.86 bits per heavy atom. The smallest absolute Gasteiger partial charge is 0.0439 e. The van der Waals surface area contributed by atoms with Gasteiger partial charge in [-0.3, -0.25) is 4.98 Å². The summed E-state index contributed by atoms with van der Waals surface area (Å²) in [5, 5.41) is 4.08. The van der Waals surface area contributed by atoms with Crippen LogP contribution in [0.25, 0.3) is 0 Å². The molecule has 0 unspecified atom stereocenters. The number of hydrogen-bond acceptors (Lipinski definition) is 2. The molecule has 0 fully saturated rings. The average Bonchev–Trinajstić information content (AvgIpc) is 2.53. The Hall–Kier alpha value is -1.38. The first-order chi connectivity index (χ1) is 10.6. The van der Waals surface area contributed by atoms with Crippen LogP contribution in [-0.4, -0.2) is 18.6 Å². The van der Waals surface area contributed by atoms with Crippen molar-refractivity contribution < 1.29 is 0 Å². The predicted octanol–water partition coefficient (Wildman–Crippen LogP) is 4.92. The maximum absolute atomic E-state index is 6.16. The lowest BCUT2D eigenvalue weighted by atomic mass is 9.89. The Kier molecular flexibility index (Phi) is 8.15. The van der Waals surface area contributed by atoms with E-state index in [1.807, 2.05) is 39.2 Å². The number of rotatable bonds is 5. The van der Waals surface area contributed by atoms with Gasteiger partial charge in [-0.25, -0.2) is 0 Å². The number of nitrogens with one attached hydrogen (secondary N) is 1. The zero-order valence-electron chi connectivity index (χ0n) is 14.3. The van der Waals surface area contributed by atoms with Gasteiger partial charge in [0.05, 0.1) is 0 Å². The van der Waals surface area contributed by atoms with Crippen molar-refractivity contribution in [2.45, 2.75) is 40.0 Å².